The van der Waals surface area contributed by atoms with Crippen molar-refractivity contribution in [1.82, 2.24) is 19.8 Å². The van der Waals surface area contributed by atoms with Crippen molar-refractivity contribution in [2.24, 2.45) is 0 Å². The van der Waals surface area contributed by atoms with Crippen molar-refractivity contribution in [1.29, 1.82) is 0 Å². The molecular weight excluding hydrogens is 420 g/mol. The minimum atomic E-state index is -0.845. The first kappa shape index (κ1) is 21.9. The van der Waals surface area contributed by atoms with E-state index in [0.717, 1.165) is 23.4 Å². The molecule has 1 saturated heterocycles. The van der Waals surface area contributed by atoms with Gasteiger partial charge in [0.15, 0.2) is 18.2 Å². The summed E-state index contributed by atoms with van der Waals surface area (Å²) < 4.78 is 32.0. The van der Waals surface area contributed by atoms with Crippen LogP contribution < -0.4 is 10.1 Å². The number of anilines is 1. The summed E-state index contributed by atoms with van der Waals surface area (Å²) in [6, 6.07) is 2.96. The zero-order chi connectivity index (χ0) is 22.8. The van der Waals surface area contributed by atoms with Crippen molar-refractivity contribution >= 4 is 17.6 Å². The molecule has 0 saturated carbocycles. The molecule has 32 heavy (non-hydrogen) atoms. The Hall–Kier alpha value is -3.30. The predicted molar refractivity (Wildman–Crippen MR) is 112 cm³/mol. The number of likely N-dealkylation sites (tertiary alicyclic amines) is 1. The Balaban J connectivity index is 1.42. The molecule has 1 aromatic carbocycles. The van der Waals surface area contributed by atoms with Crippen molar-refractivity contribution in [3.63, 3.8) is 0 Å². The van der Waals surface area contributed by atoms with E-state index in [4.69, 9.17) is 9.72 Å². The average molecular weight is 445 g/mol. The van der Waals surface area contributed by atoms with Crippen LogP contribution in [0, 0.1) is 11.6 Å². The summed E-state index contributed by atoms with van der Waals surface area (Å²) in [7, 11) is 1.79. The first-order chi connectivity index (χ1) is 15.4. The minimum Gasteiger partial charge on any atom is -0.481 e. The number of nitrogens with zero attached hydrogens (tertiary/aromatic N) is 4. The molecule has 2 aliphatic heterocycles. The molecule has 2 aromatic rings. The molecule has 0 radical (unpaired) electrons. The van der Waals surface area contributed by atoms with Crippen molar-refractivity contribution in [3.8, 4) is 5.75 Å². The molecular formula is C22H25F2N5O3. The van der Waals surface area contributed by atoms with Gasteiger partial charge in [0.25, 0.3) is 5.91 Å². The van der Waals surface area contributed by atoms with Gasteiger partial charge in [-0.05, 0) is 18.6 Å². The van der Waals surface area contributed by atoms with E-state index in [9.17, 15) is 18.4 Å². The summed E-state index contributed by atoms with van der Waals surface area (Å²) in [6.45, 7) is 3.28. The van der Waals surface area contributed by atoms with Gasteiger partial charge >= 0.3 is 0 Å². The van der Waals surface area contributed by atoms with Gasteiger partial charge in [0.05, 0.1) is 12.2 Å². The highest BCUT2D eigenvalue weighted by Crippen LogP contribution is 2.30. The molecule has 0 spiro atoms. The summed E-state index contributed by atoms with van der Waals surface area (Å²) in [5.74, 6) is -0.613. The lowest BCUT2D eigenvalue weighted by atomic mass is 10.0. The molecule has 0 unspecified atom stereocenters. The molecule has 2 amide bonds. The molecule has 10 heteroatoms. The van der Waals surface area contributed by atoms with Crippen LogP contribution in [-0.2, 0) is 22.6 Å². The molecule has 1 atom stereocenters. The quantitative estimate of drug-likeness (QED) is 0.759. The summed E-state index contributed by atoms with van der Waals surface area (Å²) in [5, 5.41) is 3.11. The Morgan fingerprint density at radius 2 is 2.03 bits per heavy atom. The molecule has 1 aromatic heterocycles. The van der Waals surface area contributed by atoms with Crippen LogP contribution in [0.1, 0.15) is 36.3 Å². The van der Waals surface area contributed by atoms with Gasteiger partial charge in [-0.15, -0.1) is 0 Å². The zero-order valence-corrected chi connectivity index (χ0v) is 18.0. The van der Waals surface area contributed by atoms with Crippen LogP contribution in [0.2, 0.25) is 0 Å². The van der Waals surface area contributed by atoms with Crippen molar-refractivity contribution in [3.05, 3.63) is 46.9 Å². The third-order valence-corrected chi connectivity index (χ3v) is 5.91. The average Bonchev–Trinajstić information content (AvgIpc) is 3.27. The van der Waals surface area contributed by atoms with Gasteiger partial charge in [0.2, 0.25) is 5.91 Å². The van der Waals surface area contributed by atoms with Crippen molar-refractivity contribution in [2.75, 3.05) is 38.6 Å². The molecule has 3 heterocycles. The number of ether oxygens (including phenoxy) is 1. The SMILES string of the molecule is CNc1nc([C@H]2CCN(C(=O)COc3ccc(F)cc3F)C2)nc2c1CN(C(C)=O)CC2. The number of nitrogens with one attached hydrogen (secondary N) is 1. The highest BCUT2D eigenvalue weighted by molar-refractivity contribution is 5.78. The molecule has 1 N–H and O–H groups in total. The van der Waals surface area contributed by atoms with Crippen LogP contribution in [0.25, 0.3) is 0 Å². The molecule has 2 aliphatic rings. The first-order valence-electron chi connectivity index (χ1n) is 10.5. The summed E-state index contributed by atoms with van der Waals surface area (Å²) in [6.07, 6.45) is 1.36. The van der Waals surface area contributed by atoms with E-state index in [1.54, 1.807) is 23.8 Å². The molecule has 1 fully saturated rings. The number of carbonyl (C=O) groups is 2. The first-order valence-corrected chi connectivity index (χ1v) is 10.5. The second kappa shape index (κ2) is 9.05. The van der Waals surface area contributed by atoms with E-state index < -0.39 is 11.6 Å². The maximum absolute atomic E-state index is 13.7. The number of carbonyl (C=O) groups excluding carboxylic acids is 2. The Labute approximate surface area is 184 Å². The maximum Gasteiger partial charge on any atom is 0.260 e. The fourth-order valence-electron chi connectivity index (χ4n) is 4.11. The molecule has 170 valence electrons. The Kier molecular flexibility index (Phi) is 6.20. The van der Waals surface area contributed by atoms with E-state index in [0.29, 0.717) is 56.7 Å². The van der Waals surface area contributed by atoms with Crippen LogP contribution in [0.3, 0.4) is 0 Å². The van der Waals surface area contributed by atoms with Gasteiger partial charge in [0.1, 0.15) is 17.5 Å². The van der Waals surface area contributed by atoms with Crippen LogP contribution >= 0.6 is 0 Å². The fraction of sp³-hybridized carbons (Fsp3) is 0.455. The van der Waals surface area contributed by atoms with Crippen molar-refractivity contribution < 1.29 is 23.1 Å². The van der Waals surface area contributed by atoms with Crippen molar-refractivity contribution in [2.45, 2.75) is 32.2 Å². The lowest BCUT2D eigenvalue weighted by Crippen LogP contribution is -2.36. The number of rotatable bonds is 5. The van der Waals surface area contributed by atoms with E-state index in [1.807, 2.05) is 0 Å². The van der Waals surface area contributed by atoms with Gasteiger partial charge in [-0.25, -0.2) is 18.7 Å². The van der Waals surface area contributed by atoms with Gasteiger partial charge in [-0.3, -0.25) is 9.59 Å². The number of hydrogen-bond donors (Lipinski definition) is 1. The molecule has 0 bridgehead atoms. The second-order valence-electron chi connectivity index (χ2n) is 7.99. The number of halogens is 2. The minimum absolute atomic E-state index is 0.0227. The van der Waals surface area contributed by atoms with Gasteiger partial charge in [-0.1, -0.05) is 0 Å². The smallest absolute Gasteiger partial charge is 0.260 e. The zero-order valence-electron chi connectivity index (χ0n) is 18.0. The van der Waals surface area contributed by atoms with Crippen LogP contribution in [-0.4, -0.2) is 64.9 Å². The highest BCUT2D eigenvalue weighted by atomic mass is 19.1. The number of amides is 2. The number of fused-ring (bicyclic) bond motifs is 1. The van der Waals surface area contributed by atoms with Gasteiger partial charge in [0, 0.05) is 57.6 Å². The van der Waals surface area contributed by atoms with Crippen LogP contribution in [0.5, 0.6) is 5.75 Å². The lowest BCUT2D eigenvalue weighted by molar-refractivity contribution is -0.132. The third kappa shape index (κ3) is 4.49. The van der Waals surface area contributed by atoms with Gasteiger partial charge in [-0.2, -0.15) is 0 Å². The molecule has 4 rings (SSSR count). The number of benzene rings is 1. The Morgan fingerprint density at radius 3 is 2.75 bits per heavy atom. The van der Waals surface area contributed by atoms with Crippen LogP contribution in [0.4, 0.5) is 14.6 Å². The summed E-state index contributed by atoms with van der Waals surface area (Å²) >= 11 is 0. The van der Waals surface area contributed by atoms with E-state index in [1.165, 1.54) is 0 Å². The summed E-state index contributed by atoms with van der Waals surface area (Å²) in [5.41, 5.74) is 1.86. The molecule has 8 nitrogen and oxygen atoms in total. The Bertz CT molecular complexity index is 1030. The third-order valence-electron chi connectivity index (χ3n) is 5.91. The Morgan fingerprint density at radius 1 is 1.22 bits per heavy atom. The number of aromatic nitrogens is 2. The van der Waals surface area contributed by atoms with Crippen LogP contribution in [0.15, 0.2) is 18.2 Å². The van der Waals surface area contributed by atoms with E-state index >= 15 is 0 Å². The predicted octanol–water partition coefficient (Wildman–Crippen LogP) is 2.10. The number of hydrogen-bond acceptors (Lipinski definition) is 6. The molecule has 0 aliphatic carbocycles. The standard InChI is InChI=1S/C22H25F2N5O3/c1-13(30)28-8-6-18-16(11-28)22(25-2)27-21(26-18)14-5-7-29(10-14)20(31)12-32-19-4-3-15(23)9-17(19)24/h3-4,9,14H,5-8,10-12H2,1-2H3,(H,25,26,27)/t14-/m0/s1. The maximum atomic E-state index is 13.7. The second-order valence-corrected chi connectivity index (χ2v) is 7.99. The summed E-state index contributed by atoms with van der Waals surface area (Å²) in [4.78, 5) is 37.1. The monoisotopic (exact) mass is 445 g/mol. The van der Waals surface area contributed by atoms with E-state index in [2.05, 4.69) is 10.3 Å². The lowest BCUT2D eigenvalue weighted by Gasteiger charge is -2.29. The normalized spacial score (nSPS) is 17.8. The highest BCUT2D eigenvalue weighted by Gasteiger charge is 2.32. The van der Waals surface area contributed by atoms with Gasteiger partial charge < -0.3 is 19.9 Å². The topological polar surface area (TPSA) is 87.7 Å². The van der Waals surface area contributed by atoms with E-state index in [-0.39, 0.29) is 30.1 Å². The fourth-order valence-corrected chi connectivity index (χ4v) is 4.11. The largest absolute Gasteiger partial charge is 0.481 e.